The maximum atomic E-state index is 12.2. The van der Waals surface area contributed by atoms with Gasteiger partial charge in [0.15, 0.2) is 5.78 Å². The molecular formula is C14H13N3O2. The van der Waals surface area contributed by atoms with Gasteiger partial charge in [0.25, 0.3) is 0 Å². The molecule has 0 N–H and O–H groups in total. The summed E-state index contributed by atoms with van der Waals surface area (Å²) in [6.45, 7) is 3.53. The first-order chi connectivity index (χ1) is 9.13. The van der Waals surface area contributed by atoms with Gasteiger partial charge in [0.1, 0.15) is 11.7 Å². The van der Waals surface area contributed by atoms with E-state index in [2.05, 4.69) is 10.1 Å². The molecule has 0 saturated heterocycles. The molecule has 5 nitrogen and oxygen atoms in total. The second kappa shape index (κ2) is 5.44. The van der Waals surface area contributed by atoms with Crippen LogP contribution in [-0.4, -0.2) is 15.9 Å². The number of nitriles is 1. The van der Waals surface area contributed by atoms with Crippen LogP contribution in [0.4, 0.5) is 0 Å². The molecule has 0 aliphatic rings. The average molecular weight is 255 g/mol. The zero-order chi connectivity index (χ0) is 13.8. The monoisotopic (exact) mass is 255 g/mol. The van der Waals surface area contributed by atoms with Crippen molar-refractivity contribution in [2.75, 3.05) is 0 Å². The number of aryl methyl sites for hydroxylation is 2. The van der Waals surface area contributed by atoms with Gasteiger partial charge in [-0.3, -0.25) is 9.78 Å². The van der Waals surface area contributed by atoms with E-state index in [-0.39, 0.29) is 12.2 Å². The molecule has 0 fully saturated rings. The highest BCUT2D eigenvalue weighted by Gasteiger charge is 2.23. The fourth-order valence-corrected chi connectivity index (χ4v) is 1.88. The summed E-state index contributed by atoms with van der Waals surface area (Å²) in [5.74, 6) is -0.436. The number of pyridine rings is 1. The van der Waals surface area contributed by atoms with E-state index >= 15 is 0 Å². The number of hydrogen-bond acceptors (Lipinski definition) is 5. The van der Waals surface area contributed by atoms with E-state index in [9.17, 15) is 4.79 Å². The predicted molar refractivity (Wildman–Crippen MR) is 67.3 cm³/mol. The summed E-state index contributed by atoms with van der Waals surface area (Å²) in [4.78, 5) is 16.3. The molecule has 2 aromatic rings. The third-order valence-electron chi connectivity index (χ3n) is 2.97. The fraction of sp³-hybridized carbons (Fsp3) is 0.286. The number of rotatable bonds is 4. The third kappa shape index (κ3) is 2.68. The van der Waals surface area contributed by atoms with E-state index in [4.69, 9.17) is 9.78 Å². The normalized spacial score (nSPS) is 11.8. The molecular weight excluding hydrogens is 242 g/mol. The first-order valence-electron chi connectivity index (χ1n) is 5.88. The van der Waals surface area contributed by atoms with Gasteiger partial charge < -0.3 is 4.52 Å². The lowest BCUT2D eigenvalue weighted by Crippen LogP contribution is -2.15. The summed E-state index contributed by atoms with van der Waals surface area (Å²) in [6.07, 6.45) is 1.71. The van der Waals surface area contributed by atoms with Crippen molar-refractivity contribution in [2.24, 2.45) is 0 Å². The number of carbonyl (C=O) groups excluding carboxylic acids is 1. The Morgan fingerprint density at radius 3 is 2.79 bits per heavy atom. The Balaban J connectivity index is 2.22. The molecule has 2 aromatic heterocycles. The highest BCUT2D eigenvalue weighted by Crippen LogP contribution is 2.19. The first kappa shape index (κ1) is 13.0. The highest BCUT2D eigenvalue weighted by molar-refractivity contribution is 5.89. The molecule has 19 heavy (non-hydrogen) atoms. The zero-order valence-corrected chi connectivity index (χ0v) is 10.8. The van der Waals surface area contributed by atoms with Crippen LogP contribution in [0.3, 0.4) is 0 Å². The standard InChI is InChI=1S/C14H13N3O2/c1-9-11(10(2)19-17-9)7-14(18)12(8-15)13-5-3-4-6-16-13/h3-6,12H,7H2,1-2H3. The summed E-state index contributed by atoms with van der Waals surface area (Å²) in [7, 11) is 0. The van der Waals surface area contributed by atoms with Crippen molar-refractivity contribution in [2.45, 2.75) is 26.2 Å². The van der Waals surface area contributed by atoms with Gasteiger partial charge in [0, 0.05) is 18.2 Å². The van der Waals surface area contributed by atoms with Crippen LogP contribution in [-0.2, 0) is 11.2 Å². The lowest BCUT2D eigenvalue weighted by Gasteiger charge is -2.07. The van der Waals surface area contributed by atoms with Crippen molar-refractivity contribution in [1.82, 2.24) is 10.1 Å². The van der Waals surface area contributed by atoms with Crippen LogP contribution >= 0.6 is 0 Å². The second-order valence-corrected chi connectivity index (χ2v) is 4.26. The quantitative estimate of drug-likeness (QED) is 0.835. The molecule has 1 unspecified atom stereocenters. The molecule has 5 heteroatoms. The smallest absolute Gasteiger partial charge is 0.160 e. The molecule has 0 bridgehead atoms. The predicted octanol–water partition coefficient (Wildman–Crippen LogP) is 2.11. The second-order valence-electron chi connectivity index (χ2n) is 4.26. The van der Waals surface area contributed by atoms with Crippen molar-refractivity contribution in [3.8, 4) is 6.07 Å². The molecule has 0 radical (unpaired) electrons. The van der Waals surface area contributed by atoms with Crippen molar-refractivity contribution in [1.29, 1.82) is 5.26 Å². The van der Waals surface area contributed by atoms with E-state index in [1.807, 2.05) is 6.07 Å². The molecule has 0 saturated carbocycles. The Morgan fingerprint density at radius 1 is 1.47 bits per heavy atom. The molecule has 0 aliphatic carbocycles. The van der Waals surface area contributed by atoms with E-state index in [1.54, 1.807) is 38.2 Å². The van der Waals surface area contributed by atoms with Crippen LogP contribution in [0.2, 0.25) is 0 Å². The Kier molecular flexibility index (Phi) is 3.71. The van der Waals surface area contributed by atoms with Gasteiger partial charge in [0.2, 0.25) is 0 Å². The van der Waals surface area contributed by atoms with E-state index in [0.717, 1.165) is 5.56 Å². The van der Waals surface area contributed by atoms with Crippen molar-refractivity contribution < 1.29 is 9.32 Å². The minimum absolute atomic E-state index is 0.135. The van der Waals surface area contributed by atoms with E-state index < -0.39 is 5.92 Å². The van der Waals surface area contributed by atoms with Crippen LogP contribution in [0.25, 0.3) is 0 Å². The number of hydrogen-bond donors (Lipinski definition) is 0. The minimum Gasteiger partial charge on any atom is -0.361 e. The van der Waals surface area contributed by atoms with Gasteiger partial charge in [-0.05, 0) is 26.0 Å². The summed E-state index contributed by atoms with van der Waals surface area (Å²) >= 11 is 0. The number of aromatic nitrogens is 2. The van der Waals surface area contributed by atoms with Crippen molar-refractivity contribution in [3.63, 3.8) is 0 Å². The minimum atomic E-state index is -0.852. The third-order valence-corrected chi connectivity index (χ3v) is 2.97. The molecule has 0 spiro atoms. The average Bonchev–Trinajstić information content (AvgIpc) is 2.73. The first-order valence-corrected chi connectivity index (χ1v) is 5.88. The number of carbonyl (C=O) groups is 1. The molecule has 0 amide bonds. The zero-order valence-electron chi connectivity index (χ0n) is 10.8. The van der Waals surface area contributed by atoms with Gasteiger partial charge in [-0.2, -0.15) is 5.26 Å². The molecule has 0 aliphatic heterocycles. The maximum absolute atomic E-state index is 12.2. The van der Waals surface area contributed by atoms with Crippen molar-refractivity contribution in [3.05, 3.63) is 47.1 Å². The van der Waals surface area contributed by atoms with Crippen molar-refractivity contribution >= 4 is 5.78 Å². The Morgan fingerprint density at radius 2 is 2.26 bits per heavy atom. The van der Waals surface area contributed by atoms with Gasteiger partial charge in [-0.1, -0.05) is 11.2 Å². The largest absolute Gasteiger partial charge is 0.361 e. The summed E-state index contributed by atoms with van der Waals surface area (Å²) < 4.78 is 5.01. The molecule has 2 rings (SSSR count). The lowest BCUT2D eigenvalue weighted by molar-refractivity contribution is -0.118. The summed E-state index contributed by atoms with van der Waals surface area (Å²) in [5, 5.41) is 13.0. The van der Waals surface area contributed by atoms with Crippen LogP contribution in [0, 0.1) is 25.2 Å². The fourth-order valence-electron chi connectivity index (χ4n) is 1.88. The molecule has 96 valence electrons. The highest BCUT2D eigenvalue weighted by atomic mass is 16.5. The van der Waals surface area contributed by atoms with Gasteiger partial charge >= 0.3 is 0 Å². The molecule has 0 aromatic carbocycles. The van der Waals surface area contributed by atoms with Gasteiger partial charge in [-0.25, -0.2) is 0 Å². The molecule has 2 heterocycles. The van der Waals surface area contributed by atoms with Gasteiger partial charge in [-0.15, -0.1) is 0 Å². The Labute approximate surface area is 110 Å². The van der Waals surface area contributed by atoms with Crippen LogP contribution in [0.1, 0.15) is 28.6 Å². The van der Waals surface area contributed by atoms with Gasteiger partial charge in [0.05, 0.1) is 17.5 Å². The SMILES string of the molecule is Cc1noc(C)c1CC(=O)C(C#N)c1ccccn1. The number of Topliss-reactive ketones (excluding diaryl/α,β-unsaturated/α-hetero) is 1. The van der Waals surface area contributed by atoms with Crippen LogP contribution in [0.5, 0.6) is 0 Å². The van der Waals surface area contributed by atoms with Crippen LogP contribution in [0.15, 0.2) is 28.9 Å². The van der Waals surface area contributed by atoms with E-state index in [1.165, 1.54) is 0 Å². The summed E-state index contributed by atoms with van der Waals surface area (Å²) in [5.41, 5.74) is 1.91. The summed E-state index contributed by atoms with van der Waals surface area (Å²) in [6, 6.07) is 7.19. The van der Waals surface area contributed by atoms with Crippen LogP contribution < -0.4 is 0 Å². The maximum Gasteiger partial charge on any atom is 0.160 e. The number of ketones is 1. The van der Waals surface area contributed by atoms with E-state index in [0.29, 0.717) is 17.1 Å². The Hall–Kier alpha value is -2.48. The number of nitrogens with zero attached hydrogens (tertiary/aromatic N) is 3. The molecule has 1 atom stereocenters. The lowest BCUT2D eigenvalue weighted by atomic mass is 9.95. The topological polar surface area (TPSA) is 79.8 Å². The Bertz CT molecular complexity index is 606.